The zero-order valence-electron chi connectivity index (χ0n) is 13.7. The number of rotatable bonds is 11. The maximum atomic E-state index is 6.48. The summed E-state index contributed by atoms with van der Waals surface area (Å²) in [4.78, 5) is 0. The summed E-state index contributed by atoms with van der Waals surface area (Å²) < 4.78 is 7.49. The van der Waals surface area contributed by atoms with Crippen molar-refractivity contribution in [1.82, 2.24) is 0 Å². The molecule has 18 heavy (non-hydrogen) atoms. The molecule has 0 unspecified atom stereocenters. The molecule has 0 aliphatic carbocycles. The Labute approximate surface area is 116 Å². The molecule has 0 bridgehead atoms. The Balaban J connectivity index is 4.32. The van der Waals surface area contributed by atoms with Crippen molar-refractivity contribution in [1.29, 1.82) is 0 Å². The van der Waals surface area contributed by atoms with Gasteiger partial charge in [0.2, 0.25) is 0 Å². The largest absolute Gasteiger partial charge is 0.411 e. The molecule has 0 aromatic carbocycles. The molecular weight excluding hydrogens is 238 g/mol. The van der Waals surface area contributed by atoms with Gasteiger partial charge in [-0.3, -0.25) is 0 Å². The highest BCUT2D eigenvalue weighted by Gasteiger charge is 2.32. The lowest BCUT2D eigenvalue weighted by Gasteiger charge is -2.32. The van der Waals surface area contributed by atoms with Crippen LogP contribution in [0.4, 0.5) is 0 Å². The van der Waals surface area contributed by atoms with E-state index >= 15 is 0 Å². The highest BCUT2D eigenvalue weighted by atomic mass is 28.4. The molecule has 0 rings (SSSR count). The second-order valence-electron chi connectivity index (χ2n) is 6.61. The normalized spacial score (nSPS) is 13.0. The summed E-state index contributed by atoms with van der Waals surface area (Å²) in [6, 6.07) is 4.04. The minimum absolute atomic E-state index is 0.955. The summed E-state index contributed by atoms with van der Waals surface area (Å²) in [5.41, 5.74) is 0. The van der Waals surface area contributed by atoms with E-state index in [9.17, 15) is 0 Å². The van der Waals surface area contributed by atoms with Gasteiger partial charge in [-0.1, -0.05) is 46.5 Å². The Hall–Kier alpha value is 0.137. The molecule has 0 fully saturated rings. The number of unbranched alkanes of at least 4 members (excludes halogenated alkanes) is 2. The summed E-state index contributed by atoms with van der Waals surface area (Å²) in [7, 11) is 5.32. The third kappa shape index (κ3) is 8.28. The highest BCUT2D eigenvalue weighted by molar-refractivity contribution is 6.73. The van der Waals surface area contributed by atoms with Crippen LogP contribution < -0.4 is 0 Å². The van der Waals surface area contributed by atoms with Crippen molar-refractivity contribution in [3.63, 3.8) is 0 Å². The lowest BCUT2D eigenvalue weighted by atomic mass is 10.4. The van der Waals surface area contributed by atoms with Crippen LogP contribution in [0.1, 0.15) is 46.5 Å². The SMILES string of the molecule is CCCC[Si](CC)(CCCC)OCC[N+](C)(C)C. The monoisotopic (exact) mass is 274 g/mol. The van der Waals surface area contributed by atoms with Crippen LogP contribution in [0.15, 0.2) is 0 Å². The van der Waals surface area contributed by atoms with Gasteiger partial charge >= 0.3 is 0 Å². The van der Waals surface area contributed by atoms with Gasteiger partial charge in [0.05, 0.1) is 27.7 Å². The molecule has 0 aliphatic rings. The van der Waals surface area contributed by atoms with Crippen LogP contribution in [0.5, 0.6) is 0 Å². The zero-order valence-corrected chi connectivity index (χ0v) is 14.7. The van der Waals surface area contributed by atoms with Crippen LogP contribution in [0, 0.1) is 0 Å². The Morgan fingerprint density at radius 1 is 0.889 bits per heavy atom. The molecule has 2 nitrogen and oxygen atoms in total. The third-order valence-corrected chi connectivity index (χ3v) is 8.42. The van der Waals surface area contributed by atoms with Crippen molar-refractivity contribution >= 4 is 8.32 Å². The van der Waals surface area contributed by atoms with Gasteiger partial charge < -0.3 is 8.91 Å². The molecule has 0 heterocycles. The van der Waals surface area contributed by atoms with E-state index in [1.807, 2.05) is 0 Å². The molecule has 110 valence electrons. The van der Waals surface area contributed by atoms with Gasteiger partial charge in [-0.25, -0.2) is 0 Å². The molecule has 0 saturated heterocycles. The van der Waals surface area contributed by atoms with Crippen LogP contribution >= 0.6 is 0 Å². The van der Waals surface area contributed by atoms with E-state index in [2.05, 4.69) is 41.9 Å². The minimum Gasteiger partial charge on any atom is -0.411 e. The van der Waals surface area contributed by atoms with Gasteiger partial charge in [0.25, 0.3) is 0 Å². The van der Waals surface area contributed by atoms with Crippen molar-refractivity contribution in [2.75, 3.05) is 34.3 Å². The van der Waals surface area contributed by atoms with Crippen LogP contribution in [0.2, 0.25) is 18.1 Å². The Bertz CT molecular complexity index is 193. The Morgan fingerprint density at radius 3 is 1.72 bits per heavy atom. The summed E-state index contributed by atoms with van der Waals surface area (Å²) in [5, 5.41) is 0. The third-order valence-electron chi connectivity index (χ3n) is 3.79. The highest BCUT2D eigenvalue weighted by Crippen LogP contribution is 2.27. The van der Waals surface area contributed by atoms with Gasteiger partial charge in [-0.05, 0) is 18.1 Å². The second-order valence-corrected chi connectivity index (χ2v) is 11.0. The summed E-state index contributed by atoms with van der Waals surface area (Å²) in [5.74, 6) is 0. The average molecular weight is 275 g/mol. The maximum absolute atomic E-state index is 6.48. The first-order valence-corrected chi connectivity index (χ1v) is 10.4. The fourth-order valence-corrected chi connectivity index (χ4v) is 6.23. The predicted molar refractivity (Wildman–Crippen MR) is 84.5 cm³/mol. The quantitative estimate of drug-likeness (QED) is 0.404. The number of likely N-dealkylation sites (N-methyl/N-ethyl adjacent to an activating group) is 1. The average Bonchev–Trinajstić information content (AvgIpc) is 2.31. The fraction of sp³-hybridized carbons (Fsp3) is 1.00. The van der Waals surface area contributed by atoms with Gasteiger partial charge in [0.15, 0.2) is 8.32 Å². The summed E-state index contributed by atoms with van der Waals surface area (Å²) in [6.45, 7) is 9.02. The fourth-order valence-electron chi connectivity index (χ4n) is 2.26. The lowest BCUT2D eigenvalue weighted by molar-refractivity contribution is -0.870. The van der Waals surface area contributed by atoms with E-state index in [1.54, 1.807) is 0 Å². The summed E-state index contributed by atoms with van der Waals surface area (Å²) in [6.07, 6.45) is 5.32. The predicted octanol–water partition coefficient (Wildman–Crippen LogP) is 4.27. The Kier molecular flexibility index (Phi) is 9.18. The number of nitrogens with zero attached hydrogens (tertiary/aromatic N) is 1. The van der Waals surface area contributed by atoms with Gasteiger partial charge in [0.1, 0.15) is 6.54 Å². The van der Waals surface area contributed by atoms with Crippen molar-refractivity contribution in [2.45, 2.75) is 64.6 Å². The summed E-state index contributed by atoms with van der Waals surface area (Å²) >= 11 is 0. The molecule has 0 aromatic rings. The van der Waals surface area contributed by atoms with Crippen molar-refractivity contribution in [2.24, 2.45) is 0 Å². The van der Waals surface area contributed by atoms with Crippen molar-refractivity contribution in [3.05, 3.63) is 0 Å². The standard InChI is InChI=1S/C15H36NOSi/c1-7-10-14-18(9-3,15-11-8-2)17-13-12-16(4,5)6/h7-15H2,1-6H3/q+1. The minimum atomic E-state index is -1.42. The first-order valence-electron chi connectivity index (χ1n) is 7.83. The van der Waals surface area contributed by atoms with Gasteiger partial charge in [0, 0.05) is 0 Å². The lowest BCUT2D eigenvalue weighted by Crippen LogP contribution is -2.43. The first kappa shape index (κ1) is 18.1. The zero-order chi connectivity index (χ0) is 14.1. The van der Waals surface area contributed by atoms with E-state index in [0.29, 0.717) is 0 Å². The molecule has 0 saturated carbocycles. The van der Waals surface area contributed by atoms with E-state index in [1.165, 1.54) is 43.8 Å². The van der Waals surface area contributed by atoms with Crippen molar-refractivity contribution < 1.29 is 8.91 Å². The van der Waals surface area contributed by atoms with E-state index < -0.39 is 8.32 Å². The topological polar surface area (TPSA) is 9.23 Å². The first-order chi connectivity index (χ1) is 8.39. The smallest absolute Gasteiger partial charge is 0.192 e. The molecule has 0 N–H and O–H groups in total. The molecule has 0 aromatic heterocycles. The maximum Gasteiger partial charge on any atom is 0.192 e. The molecule has 0 spiro atoms. The van der Waals surface area contributed by atoms with E-state index in [-0.39, 0.29) is 0 Å². The molecular formula is C15H36NOSi+. The molecule has 0 atom stereocenters. The van der Waals surface area contributed by atoms with Crippen LogP contribution in [-0.4, -0.2) is 47.1 Å². The Morgan fingerprint density at radius 2 is 1.39 bits per heavy atom. The van der Waals surface area contributed by atoms with Gasteiger partial charge in [-0.2, -0.15) is 0 Å². The molecule has 0 amide bonds. The molecule has 3 heteroatoms. The van der Waals surface area contributed by atoms with E-state index in [0.717, 1.165) is 17.6 Å². The van der Waals surface area contributed by atoms with Crippen LogP contribution in [-0.2, 0) is 4.43 Å². The number of hydrogen-bond donors (Lipinski definition) is 0. The van der Waals surface area contributed by atoms with E-state index in [4.69, 9.17) is 4.43 Å². The van der Waals surface area contributed by atoms with Crippen LogP contribution in [0.3, 0.4) is 0 Å². The number of hydrogen-bond acceptors (Lipinski definition) is 1. The number of quaternary nitrogens is 1. The second kappa shape index (κ2) is 9.11. The molecule has 0 aliphatic heterocycles. The van der Waals surface area contributed by atoms with Crippen LogP contribution in [0.25, 0.3) is 0 Å². The van der Waals surface area contributed by atoms with Gasteiger partial charge in [-0.15, -0.1) is 0 Å². The molecule has 0 radical (unpaired) electrons. The van der Waals surface area contributed by atoms with Crippen molar-refractivity contribution in [3.8, 4) is 0 Å².